The molecule has 6 heteroatoms. The number of nitrogens with zero attached hydrogens (tertiary/aromatic N) is 1. The van der Waals surface area contributed by atoms with Gasteiger partial charge >= 0.3 is 0 Å². The lowest BCUT2D eigenvalue weighted by atomic mass is 10.2. The molecule has 0 aliphatic rings. The van der Waals surface area contributed by atoms with Crippen LogP contribution in [0.5, 0.6) is 5.75 Å². The highest BCUT2D eigenvalue weighted by molar-refractivity contribution is 6.33. The molecule has 0 aromatic heterocycles. The minimum atomic E-state index is -0.764. The Morgan fingerprint density at radius 3 is 2.83 bits per heavy atom. The first-order chi connectivity index (χ1) is 8.45. The van der Waals surface area contributed by atoms with E-state index in [0.717, 1.165) is 0 Å². The lowest BCUT2D eigenvalue weighted by molar-refractivity contribution is 0.0380. The van der Waals surface area contributed by atoms with Gasteiger partial charge in [0.1, 0.15) is 5.75 Å². The average Bonchev–Trinajstić information content (AvgIpc) is 2.31. The van der Waals surface area contributed by atoms with Gasteiger partial charge in [-0.3, -0.25) is 4.79 Å². The van der Waals surface area contributed by atoms with Gasteiger partial charge in [0.25, 0.3) is 5.91 Å². The summed E-state index contributed by atoms with van der Waals surface area (Å²) in [4.78, 5) is 13.4. The topological polar surface area (TPSA) is 70.0 Å². The van der Waals surface area contributed by atoms with Crippen molar-refractivity contribution in [3.05, 3.63) is 28.8 Å². The van der Waals surface area contributed by atoms with Crippen molar-refractivity contribution in [1.82, 2.24) is 4.90 Å². The van der Waals surface area contributed by atoms with Crippen LogP contribution in [-0.4, -0.2) is 54.4 Å². The average molecular weight is 274 g/mol. The second-order valence-corrected chi connectivity index (χ2v) is 4.37. The van der Waals surface area contributed by atoms with Crippen LogP contribution in [0.25, 0.3) is 0 Å². The van der Waals surface area contributed by atoms with Crippen molar-refractivity contribution in [3.8, 4) is 5.75 Å². The fraction of sp³-hybridized carbons (Fsp3) is 0.417. The Morgan fingerprint density at radius 2 is 2.22 bits per heavy atom. The quantitative estimate of drug-likeness (QED) is 0.844. The lowest BCUT2D eigenvalue weighted by Gasteiger charge is -2.21. The van der Waals surface area contributed by atoms with Gasteiger partial charge in [-0.25, -0.2) is 0 Å². The molecule has 0 radical (unpaired) electrons. The number of phenols is 1. The van der Waals surface area contributed by atoms with Gasteiger partial charge in [0, 0.05) is 20.7 Å². The molecule has 0 bridgehead atoms. The van der Waals surface area contributed by atoms with Gasteiger partial charge in [0.2, 0.25) is 0 Å². The molecule has 1 unspecified atom stereocenters. The molecule has 0 fully saturated rings. The molecule has 0 saturated carbocycles. The Balaban J connectivity index is 2.77. The van der Waals surface area contributed by atoms with E-state index in [0.29, 0.717) is 0 Å². The van der Waals surface area contributed by atoms with Gasteiger partial charge < -0.3 is 19.8 Å². The summed E-state index contributed by atoms with van der Waals surface area (Å²) in [5.41, 5.74) is 0.198. The van der Waals surface area contributed by atoms with Crippen LogP contribution >= 0.6 is 11.6 Å². The maximum absolute atomic E-state index is 12.0. The van der Waals surface area contributed by atoms with E-state index >= 15 is 0 Å². The first-order valence-electron chi connectivity index (χ1n) is 5.36. The van der Waals surface area contributed by atoms with Crippen LogP contribution in [0.2, 0.25) is 5.02 Å². The molecule has 1 rings (SSSR count). The number of amides is 1. The van der Waals surface area contributed by atoms with Gasteiger partial charge in [-0.2, -0.15) is 0 Å². The number of hydrogen-bond donors (Lipinski definition) is 2. The van der Waals surface area contributed by atoms with E-state index in [9.17, 15) is 15.0 Å². The van der Waals surface area contributed by atoms with E-state index in [1.807, 2.05) is 0 Å². The molecule has 2 N–H and O–H groups in total. The van der Waals surface area contributed by atoms with Gasteiger partial charge in [0.05, 0.1) is 23.3 Å². The highest BCUT2D eigenvalue weighted by Crippen LogP contribution is 2.22. The van der Waals surface area contributed by atoms with Crippen LogP contribution in [0.15, 0.2) is 18.2 Å². The monoisotopic (exact) mass is 273 g/mol. The molecule has 0 spiro atoms. The highest BCUT2D eigenvalue weighted by atomic mass is 35.5. The third-order valence-electron chi connectivity index (χ3n) is 2.37. The fourth-order valence-corrected chi connectivity index (χ4v) is 1.73. The number of aliphatic hydroxyl groups excluding tert-OH is 1. The molecule has 1 amide bonds. The van der Waals surface area contributed by atoms with Crippen molar-refractivity contribution < 1.29 is 19.7 Å². The van der Waals surface area contributed by atoms with Crippen LogP contribution in [0.3, 0.4) is 0 Å². The summed E-state index contributed by atoms with van der Waals surface area (Å²) in [6.07, 6.45) is -0.764. The van der Waals surface area contributed by atoms with Gasteiger partial charge in [-0.1, -0.05) is 11.6 Å². The molecule has 100 valence electrons. The molecule has 0 aliphatic carbocycles. The van der Waals surface area contributed by atoms with Crippen molar-refractivity contribution in [2.45, 2.75) is 6.10 Å². The zero-order valence-corrected chi connectivity index (χ0v) is 11.0. The molecule has 0 aliphatic heterocycles. The number of halogens is 1. The van der Waals surface area contributed by atoms with Crippen molar-refractivity contribution in [1.29, 1.82) is 0 Å². The minimum absolute atomic E-state index is 0.0337. The fourth-order valence-electron chi connectivity index (χ4n) is 1.53. The van der Waals surface area contributed by atoms with E-state index in [1.54, 1.807) is 7.05 Å². The van der Waals surface area contributed by atoms with E-state index < -0.39 is 6.10 Å². The van der Waals surface area contributed by atoms with Gasteiger partial charge in [0.15, 0.2) is 0 Å². The molecule has 1 aromatic rings. The summed E-state index contributed by atoms with van der Waals surface area (Å²) in [6, 6.07) is 4.15. The highest BCUT2D eigenvalue weighted by Gasteiger charge is 2.18. The standard InChI is InChI=1S/C12H16ClNO4/c1-14(6-9(16)7-18-2)12(17)10-5-8(15)3-4-11(10)13/h3-5,9,15-16H,6-7H2,1-2H3. The number of aromatic hydroxyl groups is 1. The predicted molar refractivity (Wildman–Crippen MR) is 68.0 cm³/mol. The van der Waals surface area contributed by atoms with Crippen LogP contribution in [0.1, 0.15) is 10.4 Å². The first kappa shape index (κ1) is 14.8. The number of aliphatic hydroxyl groups is 1. The number of likely N-dealkylation sites (N-methyl/N-ethyl adjacent to an activating group) is 1. The number of hydrogen-bond acceptors (Lipinski definition) is 4. The van der Waals surface area contributed by atoms with Gasteiger partial charge in [-0.15, -0.1) is 0 Å². The van der Waals surface area contributed by atoms with E-state index in [-0.39, 0.29) is 35.4 Å². The summed E-state index contributed by atoms with van der Waals surface area (Å²) < 4.78 is 4.78. The maximum Gasteiger partial charge on any atom is 0.255 e. The summed E-state index contributed by atoms with van der Waals surface area (Å²) in [6.45, 7) is 0.268. The van der Waals surface area contributed by atoms with Crippen molar-refractivity contribution >= 4 is 17.5 Å². The number of phenolic OH excluding ortho intramolecular Hbond substituents is 1. The normalized spacial score (nSPS) is 12.2. The second-order valence-electron chi connectivity index (χ2n) is 3.96. The van der Waals surface area contributed by atoms with E-state index in [2.05, 4.69) is 0 Å². The zero-order chi connectivity index (χ0) is 13.7. The van der Waals surface area contributed by atoms with Crippen molar-refractivity contribution in [2.24, 2.45) is 0 Å². The first-order valence-corrected chi connectivity index (χ1v) is 5.74. The summed E-state index contributed by atoms with van der Waals surface area (Å²) in [5.74, 6) is -0.403. The Bertz CT molecular complexity index is 425. The number of rotatable bonds is 5. The Hall–Kier alpha value is -1.30. The lowest BCUT2D eigenvalue weighted by Crippen LogP contribution is -2.36. The zero-order valence-electron chi connectivity index (χ0n) is 10.3. The summed E-state index contributed by atoms with van der Waals surface area (Å²) >= 11 is 5.89. The van der Waals surface area contributed by atoms with E-state index in [1.165, 1.54) is 30.2 Å². The summed E-state index contributed by atoms with van der Waals surface area (Å²) in [7, 11) is 3.01. The Morgan fingerprint density at radius 1 is 1.56 bits per heavy atom. The van der Waals surface area contributed by atoms with Crippen LogP contribution in [-0.2, 0) is 4.74 Å². The smallest absolute Gasteiger partial charge is 0.255 e. The van der Waals surface area contributed by atoms with Gasteiger partial charge in [-0.05, 0) is 18.2 Å². The number of benzene rings is 1. The number of ether oxygens (including phenoxy) is 1. The SMILES string of the molecule is COCC(O)CN(C)C(=O)c1cc(O)ccc1Cl. The molecule has 18 heavy (non-hydrogen) atoms. The predicted octanol–water partition coefficient (Wildman–Crippen LogP) is 1.12. The Labute approximate surface area is 111 Å². The van der Waals surface area contributed by atoms with E-state index in [4.69, 9.17) is 16.3 Å². The third kappa shape index (κ3) is 3.87. The third-order valence-corrected chi connectivity index (χ3v) is 2.70. The molecular formula is C12H16ClNO4. The number of carbonyl (C=O) groups is 1. The van der Waals surface area contributed by atoms with Crippen LogP contribution in [0, 0.1) is 0 Å². The van der Waals surface area contributed by atoms with Crippen LogP contribution in [0.4, 0.5) is 0 Å². The van der Waals surface area contributed by atoms with Crippen molar-refractivity contribution in [2.75, 3.05) is 27.3 Å². The molecule has 5 nitrogen and oxygen atoms in total. The molecule has 0 heterocycles. The number of carbonyl (C=O) groups excluding carboxylic acids is 1. The molecular weight excluding hydrogens is 258 g/mol. The number of methoxy groups -OCH3 is 1. The van der Waals surface area contributed by atoms with Crippen LogP contribution < -0.4 is 0 Å². The molecule has 1 aromatic carbocycles. The molecule has 1 atom stereocenters. The molecule has 0 saturated heterocycles. The Kier molecular flexibility index (Phi) is 5.40. The minimum Gasteiger partial charge on any atom is -0.508 e. The second kappa shape index (κ2) is 6.58. The van der Waals surface area contributed by atoms with Crippen molar-refractivity contribution in [3.63, 3.8) is 0 Å². The summed E-state index contributed by atoms with van der Waals surface area (Å²) in [5, 5.41) is 19.1. The largest absolute Gasteiger partial charge is 0.508 e. The maximum atomic E-state index is 12.0.